The van der Waals surface area contributed by atoms with Gasteiger partial charge in [-0.3, -0.25) is 0 Å². The van der Waals surface area contributed by atoms with Crippen molar-refractivity contribution in [1.29, 1.82) is 0 Å². The molecule has 0 bridgehead atoms. The van der Waals surface area contributed by atoms with Crippen molar-refractivity contribution in [1.82, 2.24) is 4.98 Å². The fraction of sp³-hybridized carbons (Fsp3) is 0.250. The number of nitrogens with one attached hydrogen (secondary N) is 1. The molecule has 0 aliphatic carbocycles. The third-order valence-corrected chi connectivity index (χ3v) is 2.25. The Morgan fingerprint density at radius 2 is 2.14 bits per heavy atom. The van der Waals surface area contributed by atoms with Crippen molar-refractivity contribution >= 4 is 9.01 Å². The van der Waals surface area contributed by atoms with Gasteiger partial charge in [0.15, 0.2) is 0 Å². The van der Waals surface area contributed by atoms with Crippen LogP contribution in [0.15, 0.2) is 24.3 Å². The first-order valence-corrected chi connectivity index (χ1v) is 5.51. The van der Waals surface area contributed by atoms with E-state index >= 15 is 0 Å². The zero-order valence-electron chi connectivity index (χ0n) is 7.34. The van der Waals surface area contributed by atoms with Crippen LogP contribution in [0.25, 0.3) is 0 Å². The third kappa shape index (κ3) is 2.88. The van der Waals surface area contributed by atoms with Gasteiger partial charge in [0.05, 0.1) is 0 Å². The van der Waals surface area contributed by atoms with E-state index in [0.717, 1.165) is 0 Å². The van der Waals surface area contributed by atoms with E-state index in [1.807, 2.05) is 0 Å². The van der Waals surface area contributed by atoms with Gasteiger partial charge in [0.1, 0.15) is 12.0 Å². The summed E-state index contributed by atoms with van der Waals surface area (Å²) in [7, 11) is -2.41. The van der Waals surface area contributed by atoms with E-state index in [2.05, 4.69) is 4.98 Å². The maximum Gasteiger partial charge on any atom is 0.513 e. The Balaban J connectivity index is 2.65. The first kappa shape index (κ1) is 10.8. The van der Waals surface area contributed by atoms with Gasteiger partial charge in [-0.15, -0.1) is 0 Å². The van der Waals surface area contributed by atoms with Crippen LogP contribution in [-0.2, 0) is 4.46 Å². The Morgan fingerprint density at radius 1 is 1.50 bits per heavy atom. The van der Waals surface area contributed by atoms with E-state index in [4.69, 9.17) is 5.40 Å². The fourth-order valence-electron chi connectivity index (χ4n) is 1.03. The second-order valence-corrected chi connectivity index (χ2v) is 3.82. The van der Waals surface area contributed by atoms with Crippen LogP contribution in [0.2, 0.25) is 0 Å². The van der Waals surface area contributed by atoms with Crippen LogP contribution in [-0.4, -0.2) is 15.6 Å². The summed E-state index contributed by atoms with van der Waals surface area (Å²) < 4.78 is 36.7. The molecule has 0 radical (unpaired) electrons. The van der Waals surface area contributed by atoms with Crippen molar-refractivity contribution in [2.45, 2.75) is 6.17 Å². The molecule has 1 atom stereocenters. The number of rotatable bonds is 4. The second kappa shape index (κ2) is 4.80. The molecule has 0 fully saturated rings. The molecule has 0 saturated heterocycles. The fourth-order valence-corrected chi connectivity index (χ4v) is 1.41. The highest BCUT2D eigenvalue weighted by Gasteiger charge is 2.14. The molecule has 3 nitrogen and oxygen atoms in total. The number of hydrogen-bond donors (Lipinski definition) is 2. The van der Waals surface area contributed by atoms with Gasteiger partial charge in [0, 0.05) is 12.1 Å². The minimum absolute atomic E-state index is 0.0525. The zero-order chi connectivity index (χ0) is 10.6. The molecule has 0 saturated carbocycles. The molecule has 1 unspecified atom stereocenters. The molecule has 0 aliphatic heterocycles. The van der Waals surface area contributed by atoms with Gasteiger partial charge in [0.25, 0.3) is 0 Å². The minimum Gasteiger partial charge on any atom is -0.387 e. The molecule has 0 spiro atoms. The van der Waals surface area contributed by atoms with Gasteiger partial charge in [0.2, 0.25) is 0 Å². The third-order valence-electron chi connectivity index (χ3n) is 1.70. The van der Waals surface area contributed by atoms with E-state index < -0.39 is 21.0 Å². The van der Waals surface area contributed by atoms with Crippen LogP contribution < -0.4 is 10.4 Å². The summed E-state index contributed by atoms with van der Waals surface area (Å²) in [6, 6.07) is 5.53. The zero-order valence-corrected chi connectivity index (χ0v) is 8.34. The molecule has 0 aliphatic rings. The maximum atomic E-state index is 13.3. The van der Waals surface area contributed by atoms with Gasteiger partial charge >= 0.3 is 9.01 Å². The Hall–Kier alpha value is -1.30. The predicted molar refractivity (Wildman–Crippen MR) is 48.9 cm³/mol. The normalized spacial score (nSPS) is 12.1. The summed E-state index contributed by atoms with van der Waals surface area (Å²) >= 11 is 0. The molecule has 6 heteroatoms. The van der Waals surface area contributed by atoms with Crippen LogP contribution in [0.4, 0.5) is 8.78 Å². The molecule has 1 rings (SSSR count). The average molecular weight is 216 g/mol. The number of benzene rings is 1. The SMILES string of the molecule is N[Si](=O)NCC(F)c1ccccc1F. The van der Waals surface area contributed by atoms with Crippen LogP contribution >= 0.6 is 0 Å². The summed E-state index contributed by atoms with van der Waals surface area (Å²) in [4.78, 5) is 2.25. The quantitative estimate of drug-likeness (QED) is 0.732. The van der Waals surface area contributed by atoms with E-state index in [-0.39, 0.29) is 12.1 Å². The van der Waals surface area contributed by atoms with Crippen molar-refractivity contribution in [3.63, 3.8) is 0 Å². The maximum absolute atomic E-state index is 13.3. The van der Waals surface area contributed by atoms with Gasteiger partial charge < -0.3 is 14.8 Å². The van der Waals surface area contributed by atoms with Crippen LogP contribution in [0, 0.1) is 5.82 Å². The molecule has 0 heterocycles. The lowest BCUT2D eigenvalue weighted by Gasteiger charge is -2.08. The summed E-state index contributed by atoms with van der Waals surface area (Å²) in [5.74, 6) is -0.613. The summed E-state index contributed by atoms with van der Waals surface area (Å²) in [6.45, 7) is -0.241. The molecular formula is C8H10F2N2OSi. The van der Waals surface area contributed by atoms with Crippen LogP contribution in [0.5, 0.6) is 0 Å². The first-order chi connectivity index (χ1) is 6.61. The average Bonchev–Trinajstić information content (AvgIpc) is 2.15. The molecule has 76 valence electrons. The van der Waals surface area contributed by atoms with Crippen LogP contribution in [0.3, 0.4) is 0 Å². The molecule has 3 N–H and O–H groups in total. The van der Waals surface area contributed by atoms with Crippen LogP contribution in [0.1, 0.15) is 11.7 Å². The largest absolute Gasteiger partial charge is 0.513 e. The number of alkyl halides is 1. The highest BCUT2D eigenvalue weighted by Crippen LogP contribution is 2.19. The molecule has 14 heavy (non-hydrogen) atoms. The topological polar surface area (TPSA) is 55.1 Å². The predicted octanol–water partition coefficient (Wildman–Crippen LogP) is 0.800. The second-order valence-electron chi connectivity index (χ2n) is 2.73. The van der Waals surface area contributed by atoms with E-state index in [1.165, 1.54) is 24.3 Å². The van der Waals surface area contributed by atoms with Crippen molar-refractivity contribution in [3.05, 3.63) is 35.6 Å². The number of hydrogen-bond acceptors (Lipinski definition) is 1. The lowest BCUT2D eigenvalue weighted by Crippen LogP contribution is -2.36. The number of halogens is 2. The Labute approximate surface area is 81.7 Å². The van der Waals surface area contributed by atoms with E-state index in [0.29, 0.717) is 0 Å². The van der Waals surface area contributed by atoms with Gasteiger partial charge in [-0.05, 0) is 6.07 Å². The lowest BCUT2D eigenvalue weighted by atomic mass is 10.1. The van der Waals surface area contributed by atoms with Gasteiger partial charge in [-0.1, -0.05) is 18.2 Å². The summed E-state index contributed by atoms with van der Waals surface area (Å²) in [5, 5.41) is 4.93. The van der Waals surface area contributed by atoms with Crippen molar-refractivity contribution < 1.29 is 13.2 Å². The molecule has 0 amide bonds. The highest BCUT2D eigenvalue weighted by molar-refractivity contribution is 6.35. The van der Waals surface area contributed by atoms with Crippen molar-refractivity contribution in [3.8, 4) is 0 Å². The van der Waals surface area contributed by atoms with E-state index in [1.54, 1.807) is 0 Å². The Bertz CT molecular complexity index is 335. The van der Waals surface area contributed by atoms with Crippen molar-refractivity contribution in [2.24, 2.45) is 5.40 Å². The van der Waals surface area contributed by atoms with Crippen molar-refractivity contribution in [2.75, 3.05) is 6.54 Å². The Kier molecular flexibility index (Phi) is 3.70. The minimum atomic E-state index is -2.41. The summed E-state index contributed by atoms with van der Waals surface area (Å²) in [6.07, 6.45) is -1.53. The smallest absolute Gasteiger partial charge is 0.387 e. The lowest BCUT2D eigenvalue weighted by molar-refractivity contribution is 0.330. The molecule has 1 aromatic carbocycles. The Morgan fingerprint density at radius 3 is 2.71 bits per heavy atom. The molecular weight excluding hydrogens is 206 g/mol. The first-order valence-electron chi connectivity index (χ1n) is 4.03. The monoisotopic (exact) mass is 216 g/mol. The highest BCUT2D eigenvalue weighted by atomic mass is 28.3. The van der Waals surface area contributed by atoms with Gasteiger partial charge in [-0.2, -0.15) is 0 Å². The van der Waals surface area contributed by atoms with E-state index in [9.17, 15) is 13.2 Å². The summed E-state index contributed by atoms with van der Waals surface area (Å²) in [5.41, 5.74) is -0.0525. The number of nitrogens with two attached hydrogens (primary N) is 1. The molecule has 0 aromatic heterocycles. The standard InChI is InChI=1S/C8H10F2N2OSi/c9-7-4-2-1-3-6(7)8(10)5-12-14(11)13/h1-4,8,12H,5,11H2. The molecule has 1 aromatic rings. The van der Waals surface area contributed by atoms with Gasteiger partial charge in [-0.25, -0.2) is 8.78 Å².